The van der Waals surface area contributed by atoms with Crippen LogP contribution in [0.3, 0.4) is 0 Å². The minimum Gasteiger partial charge on any atom is -0.480 e. The van der Waals surface area contributed by atoms with Crippen LogP contribution in [0.25, 0.3) is 0 Å². The molecule has 17 heavy (non-hydrogen) atoms. The average Bonchev–Trinajstić information content (AvgIpc) is 2.56. The fourth-order valence-electron chi connectivity index (χ4n) is 1.02. The van der Waals surface area contributed by atoms with Crippen LogP contribution in [-0.2, 0) is 14.8 Å². The Morgan fingerprint density at radius 2 is 2.06 bits per heavy atom. The quantitative estimate of drug-likeness (QED) is 0.832. The van der Waals surface area contributed by atoms with Gasteiger partial charge in [-0.25, -0.2) is 8.42 Å². The molecule has 0 aliphatic heterocycles. The van der Waals surface area contributed by atoms with E-state index in [1.807, 2.05) is 0 Å². The number of likely N-dealkylation sites (N-methyl/N-ethyl adjacent to an activating group) is 1. The number of hydrogen-bond acceptors (Lipinski definition) is 4. The largest absolute Gasteiger partial charge is 0.480 e. The summed E-state index contributed by atoms with van der Waals surface area (Å²) in [5.74, 6) is -1.19. The number of carbonyl (C=O) groups is 1. The molecule has 0 bridgehead atoms. The normalized spacial score (nSPS) is 13.9. The molecule has 96 valence electrons. The van der Waals surface area contributed by atoms with E-state index >= 15 is 0 Å². The SMILES string of the molecule is CC(C(=O)O)N(C)S(=O)(=O)c1cc(Br)sc1Br. The van der Waals surface area contributed by atoms with Crippen molar-refractivity contribution in [3.8, 4) is 0 Å². The molecule has 1 heterocycles. The van der Waals surface area contributed by atoms with Gasteiger partial charge in [-0.2, -0.15) is 4.31 Å². The Balaban J connectivity index is 3.20. The van der Waals surface area contributed by atoms with Crippen molar-refractivity contribution in [3.05, 3.63) is 13.6 Å². The molecule has 0 aliphatic carbocycles. The van der Waals surface area contributed by atoms with E-state index in [2.05, 4.69) is 31.9 Å². The molecule has 0 aliphatic rings. The Bertz CT molecular complexity index is 540. The van der Waals surface area contributed by atoms with E-state index in [0.29, 0.717) is 7.57 Å². The zero-order chi connectivity index (χ0) is 13.4. The number of sulfonamides is 1. The van der Waals surface area contributed by atoms with Crippen molar-refractivity contribution in [1.82, 2.24) is 4.31 Å². The van der Waals surface area contributed by atoms with Crippen LogP contribution >= 0.6 is 43.2 Å². The minimum absolute atomic E-state index is 0.0602. The highest BCUT2D eigenvalue weighted by molar-refractivity contribution is 9.12. The van der Waals surface area contributed by atoms with Crippen LogP contribution < -0.4 is 0 Å². The molecule has 0 saturated carbocycles. The van der Waals surface area contributed by atoms with Gasteiger partial charge in [-0.1, -0.05) is 0 Å². The Morgan fingerprint density at radius 1 is 1.53 bits per heavy atom. The van der Waals surface area contributed by atoms with E-state index in [0.717, 1.165) is 4.31 Å². The average molecular weight is 407 g/mol. The third-order valence-electron chi connectivity index (χ3n) is 2.19. The van der Waals surface area contributed by atoms with E-state index in [1.165, 1.54) is 31.4 Å². The summed E-state index contributed by atoms with van der Waals surface area (Å²) in [7, 11) is -2.56. The van der Waals surface area contributed by atoms with Crippen LogP contribution in [0.5, 0.6) is 0 Å². The molecule has 1 atom stereocenters. The molecule has 1 N–H and O–H groups in total. The maximum atomic E-state index is 12.1. The predicted octanol–water partition coefficient (Wildman–Crippen LogP) is 2.37. The Kier molecular flexibility index (Phi) is 4.75. The van der Waals surface area contributed by atoms with E-state index in [4.69, 9.17) is 5.11 Å². The zero-order valence-electron chi connectivity index (χ0n) is 8.85. The van der Waals surface area contributed by atoms with Gasteiger partial charge in [-0.05, 0) is 44.8 Å². The van der Waals surface area contributed by atoms with Crippen molar-refractivity contribution in [2.45, 2.75) is 17.9 Å². The van der Waals surface area contributed by atoms with Gasteiger partial charge in [0.05, 0.1) is 7.57 Å². The first-order chi connectivity index (χ1) is 7.67. The Hall–Kier alpha value is 0.0400. The highest BCUT2D eigenvalue weighted by Gasteiger charge is 2.31. The molecule has 5 nitrogen and oxygen atoms in total. The van der Waals surface area contributed by atoms with E-state index in [9.17, 15) is 13.2 Å². The maximum Gasteiger partial charge on any atom is 0.321 e. The summed E-state index contributed by atoms with van der Waals surface area (Å²) >= 11 is 7.54. The van der Waals surface area contributed by atoms with Gasteiger partial charge in [0.25, 0.3) is 0 Å². The number of halogens is 2. The second kappa shape index (κ2) is 5.35. The third kappa shape index (κ3) is 3.08. The van der Waals surface area contributed by atoms with Crippen molar-refractivity contribution in [2.24, 2.45) is 0 Å². The topological polar surface area (TPSA) is 74.7 Å². The fraction of sp³-hybridized carbons (Fsp3) is 0.375. The van der Waals surface area contributed by atoms with Gasteiger partial charge in [-0.15, -0.1) is 11.3 Å². The van der Waals surface area contributed by atoms with Crippen LogP contribution in [-0.4, -0.2) is 36.9 Å². The Morgan fingerprint density at radius 3 is 2.41 bits per heavy atom. The molecule has 0 fully saturated rings. The number of hydrogen-bond donors (Lipinski definition) is 1. The highest BCUT2D eigenvalue weighted by atomic mass is 79.9. The number of nitrogens with zero attached hydrogens (tertiary/aromatic N) is 1. The minimum atomic E-state index is -3.81. The van der Waals surface area contributed by atoms with Crippen LogP contribution in [0.1, 0.15) is 6.92 Å². The molecule has 1 aromatic heterocycles. The lowest BCUT2D eigenvalue weighted by Gasteiger charge is -2.20. The van der Waals surface area contributed by atoms with E-state index in [1.54, 1.807) is 0 Å². The molecule has 1 aromatic rings. The van der Waals surface area contributed by atoms with Crippen molar-refractivity contribution in [1.29, 1.82) is 0 Å². The fourth-order valence-corrected chi connectivity index (χ4v) is 6.10. The van der Waals surface area contributed by atoms with Gasteiger partial charge >= 0.3 is 5.97 Å². The molecule has 9 heteroatoms. The third-order valence-corrected chi connectivity index (χ3v) is 6.87. The number of rotatable bonds is 4. The van der Waals surface area contributed by atoms with E-state index < -0.39 is 22.0 Å². The second-order valence-electron chi connectivity index (χ2n) is 3.22. The first kappa shape index (κ1) is 15.1. The van der Waals surface area contributed by atoms with E-state index in [-0.39, 0.29) is 4.90 Å². The highest BCUT2D eigenvalue weighted by Crippen LogP contribution is 2.36. The van der Waals surface area contributed by atoms with Crippen LogP contribution in [0.4, 0.5) is 0 Å². The molecule has 0 saturated heterocycles. The summed E-state index contributed by atoms with van der Waals surface area (Å²) in [6.07, 6.45) is 0. The van der Waals surface area contributed by atoms with Crippen molar-refractivity contribution in [2.75, 3.05) is 7.05 Å². The molecular formula is C8H9Br2NO4S2. The monoisotopic (exact) mass is 405 g/mol. The number of aliphatic carboxylic acids is 1. The molecule has 0 spiro atoms. The van der Waals surface area contributed by atoms with Crippen molar-refractivity contribution in [3.63, 3.8) is 0 Å². The molecule has 0 radical (unpaired) electrons. The summed E-state index contributed by atoms with van der Waals surface area (Å²) in [5.41, 5.74) is 0. The lowest BCUT2D eigenvalue weighted by molar-refractivity contribution is -0.140. The first-order valence-electron chi connectivity index (χ1n) is 4.33. The summed E-state index contributed by atoms with van der Waals surface area (Å²) in [5, 5.41) is 8.81. The molecule has 0 amide bonds. The number of thiophene rings is 1. The Labute approximate surface area is 120 Å². The molecular weight excluding hydrogens is 398 g/mol. The standard InChI is InChI=1S/C8H9Br2NO4S2/c1-4(8(12)13)11(2)17(14,15)5-3-6(9)16-7(5)10/h3-4H,1-2H3,(H,12,13). The van der Waals surface area contributed by atoms with Crippen LogP contribution in [0.2, 0.25) is 0 Å². The predicted molar refractivity (Wildman–Crippen MR) is 71.8 cm³/mol. The first-order valence-corrected chi connectivity index (χ1v) is 8.18. The lowest BCUT2D eigenvalue weighted by Crippen LogP contribution is -2.40. The number of carboxylic acids is 1. The van der Waals surface area contributed by atoms with Crippen molar-refractivity contribution < 1.29 is 18.3 Å². The number of carboxylic acid groups (broad SMARTS) is 1. The van der Waals surface area contributed by atoms with Gasteiger partial charge in [0.15, 0.2) is 0 Å². The summed E-state index contributed by atoms with van der Waals surface area (Å²) < 4.78 is 26.2. The molecule has 1 unspecified atom stereocenters. The van der Waals surface area contributed by atoms with Gasteiger partial charge in [0.2, 0.25) is 10.0 Å². The van der Waals surface area contributed by atoms with Gasteiger partial charge < -0.3 is 5.11 Å². The summed E-state index contributed by atoms with van der Waals surface area (Å²) in [6.45, 7) is 1.31. The van der Waals surface area contributed by atoms with Crippen molar-refractivity contribution >= 4 is 59.2 Å². The lowest BCUT2D eigenvalue weighted by atomic mass is 10.4. The van der Waals surface area contributed by atoms with Gasteiger partial charge in [0.1, 0.15) is 10.9 Å². The maximum absolute atomic E-state index is 12.1. The van der Waals surface area contributed by atoms with Crippen LogP contribution in [0.15, 0.2) is 18.5 Å². The van der Waals surface area contributed by atoms with Gasteiger partial charge in [-0.3, -0.25) is 4.79 Å². The van der Waals surface area contributed by atoms with Crippen LogP contribution in [0, 0.1) is 0 Å². The smallest absolute Gasteiger partial charge is 0.321 e. The summed E-state index contributed by atoms with van der Waals surface area (Å²) in [6, 6.07) is 0.320. The molecule has 1 rings (SSSR count). The second-order valence-corrected chi connectivity index (χ2v) is 8.94. The summed E-state index contributed by atoms with van der Waals surface area (Å²) in [4.78, 5) is 10.8. The molecule has 0 aromatic carbocycles. The zero-order valence-corrected chi connectivity index (χ0v) is 13.7. The van der Waals surface area contributed by atoms with Gasteiger partial charge in [0, 0.05) is 7.05 Å².